The topological polar surface area (TPSA) is 73.5 Å². The van der Waals surface area contributed by atoms with Crippen molar-refractivity contribution in [2.75, 3.05) is 6.26 Å². The van der Waals surface area contributed by atoms with Crippen LogP contribution in [0.15, 0.2) is 67.5 Å². The second kappa shape index (κ2) is 5.18. The van der Waals surface area contributed by atoms with Gasteiger partial charge in [-0.1, -0.05) is 18.2 Å². The Labute approximate surface area is 123 Å². The molecule has 106 valence electrons. The van der Waals surface area contributed by atoms with Crippen molar-refractivity contribution in [1.29, 1.82) is 0 Å². The molecule has 0 saturated carbocycles. The number of aromatic hydroxyl groups is 1. The Hall–Kier alpha value is -2.40. The lowest BCUT2D eigenvalue weighted by molar-refractivity contribution is -0.270. The summed E-state index contributed by atoms with van der Waals surface area (Å²) in [5.74, 6) is -0.149. The Balaban J connectivity index is 2.20. The van der Waals surface area contributed by atoms with Crippen LogP contribution in [-0.2, 0) is 10.9 Å². The molecule has 0 bridgehead atoms. The van der Waals surface area contributed by atoms with Gasteiger partial charge in [0.2, 0.25) is 4.90 Å². The summed E-state index contributed by atoms with van der Waals surface area (Å²) in [5.41, 5.74) is -0.295. The molecule has 0 aliphatic carbocycles. The van der Waals surface area contributed by atoms with Gasteiger partial charge in [0.1, 0.15) is 17.6 Å². The normalized spacial score (nSPS) is 12.4. The molecule has 1 N–H and O–H groups in total. The van der Waals surface area contributed by atoms with Crippen molar-refractivity contribution in [3.05, 3.63) is 59.0 Å². The van der Waals surface area contributed by atoms with Crippen LogP contribution in [0.3, 0.4) is 0 Å². The monoisotopic (exact) mass is 300 g/mol. The van der Waals surface area contributed by atoms with Crippen molar-refractivity contribution < 1.29 is 14.6 Å². The van der Waals surface area contributed by atoms with E-state index in [9.17, 15) is 15.0 Å². The summed E-state index contributed by atoms with van der Waals surface area (Å²) in [7, 11) is -0.714. The maximum absolute atomic E-state index is 12.5. The summed E-state index contributed by atoms with van der Waals surface area (Å²) >= 11 is 0. The molecule has 4 nitrogen and oxygen atoms in total. The Morgan fingerprint density at radius 2 is 1.76 bits per heavy atom. The SMILES string of the molecule is C[S+](c1ccc(O)cc1)c1c([O-])c2ccccc2oc1=O. The minimum absolute atomic E-state index is 0.138. The minimum Gasteiger partial charge on any atom is -0.868 e. The van der Waals surface area contributed by atoms with E-state index in [4.69, 9.17) is 4.42 Å². The number of hydrogen-bond acceptors (Lipinski definition) is 4. The van der Waals surface area contributed by atoms with E-state index in [0.29, 0.717) is 11.0 Å². The van der Waals surface area contributed by atoms with E-state index < -0.39 is 16.5 Å². The molecular formula is C16H12O4S. The van der Waals surface area contributed by atoms with Gasteiger partial charge in [0.25, 0.3) is 0 Å². The molecule has 0 spiro atoms. The molecule has 0 radical (unpaired) electrons. The average molecular weight is 300 g/mol. The number of phenolic OH excluding ortho intramolecular Hbond substituents is 1. The molecule has 5 heteroatoms. The quantitative estimate of drug-likeness (QED) is 0.582. The zero-order valence-corrected chi connectivity index (χ0v) is 12.0. The number of phenols is 1. The average Bonchev–Trinajstić information content (AvgIpc) is 2.48. The molecule has 0 aliphatic rings. The predicted molar refractivity (Wildman–Crippen MR) is 79.9 cm³/mol. The maximum Gasteiger partial charge on any atom is 0.392 e. The highest BCUT2D eigenvalue weighted by molar-refractivity contribution is 7.96. The molecular weight excluding hydrogens is 288 g/mol. The molecule has 0 fully saturated rings. The number of benzene rings is 2. The van der Waals surface area contributed by atoms with Crippen molar-refractivity contribution in [3.63, 3.8) is 0 Å². The van der Waals surface area contributed by atoms with Crippen molar-refractivity contribution in [1.82, 2.24) is 0 Å². The van der Waals surface area contributed by atoms with E-state index in [2.05, 4.69) is 0 Å². The third-order valence-electron chi connectivity index (χ3n) is 3.22. The Kier molecular flexibility index (Phi) is 3.35. The first-order chi connectivity index (χ1) is 10.1. The highest BCUT2D eigenvalue weighted by Crippen LogP contribution is 2.30. The number of hydrogen-bond donors (Lipinski definition) is 1. The number of rotatable bonds is 2. The van der Waals surface area contributed by atoms with Crippen molar-refractivity contribution in [2.24, 2.45) is 0 Å². The zero-order valence-electron chi connectivity index (χ0n) is 11.2. The van der Waals surface area contributed by atoms with Gasteiger partial charge in [0.15, 0.2) is 4.90 Å². The van der Waals surface area contributed by atoms with E-state index in [0.717, 1.165) is 4.90 Å². The van der Waals surface area contributed by atoms with Crippen LogP contribution in [0.1, 0.15) is 0 Å². The van der Waals surface area contributed by atoms with Gasteiger partial charge in [0.05, 0.1) is 10.9 Å². The minimum atomic E-state index is -0.714. The van der Waals surface area contributed by atoms with Gasteiger partial charge in [-0.15, -0.1) is 0 Å². The van der Waals surface area contributed by atoms with Crippen molar-refractivity contribution >= 4 is 21.9 Å². The largest absolute Gasteiger partial charge is 0.868 e. The van der Waals surface area contributed by atoms with Crippen molar-refractivity contribution in [2.45, 2.75) is 9.79 Å². The van der Waals surface area contributed by atoms with Crippen LogP contribution >= 0.6 is 0 Å². The van der Waals surface area contributed by atoms with Crippen LogP contribution in [-0.4, -0.2) is 11.4 Å². The second-order valence-corrected chi connectivity index (χ2v) is 6.45. The van der Waals surface area contributed by atoms with Gasteiger partial charge in [-0.25, -0.2) is 4.79 Å². The molecule has 2 aromatic carbocycles. The van der Waals surface area contributed by atoms with E-state index in [1.165, 1.54) is 12.1 Å². The second-order valence-electron chi connectivity index (χ2n) is 4.55. The molecule has 1 heterocycles. The first kappa shape index (κ1) is 13.6. The van der Waals surface area contributed by atoms with Crippen LogP contribution < -0.4 is 10.7 Å². The summed E-state index contributed by atoms with van der Waals surface area (Å²) in [6.45, 7) is 0. The standard InChI is InChI=1S/C16H12O4S/c1-21(11-8-6-10(17)7-9-11)15-14(18)12-4-2-3-5-13(12)20-16(15)19/h2-9H,1H3,(H-,17,18,19). The van der Waals surface area contributed by atoms with Gasteiger partial charge in [-0.2, -0.15) is 0 Å². The number of fused-ring (bicyclic) bond motifs is 1. The van der Waals surface area contributed by atoms with Crippen LogP contribution in [0.25, 0.3) is 11.0 Å². The Morgan fingerprint density at radius 3 is 2.48 bits per heavy atom. The van der Waals surface area contributed by atoms with Crippen molar-refractivity contribution in [3.8, 4) is 11.5 Å². The summed E-state index contributed by atoms with van der Waals surface area (Å²) in [6, 6.07) is 13.2. The highest BCUT2D eigenvalue weighted by atomic mass is 32.2. The molecule has 0 aliphatic heterocycles. The number of para-hydroxylation sites is 1. The van der Waals surface area contributed by atoms with Gasteiger partial charge < -0.3 is 14.6 Å². The Morgan fingerprint density at radius 1 is 1.10 bits per heavy atom. The van der Waals surface area contributed by atoms with E-state index >= 15 is 0 Å². The Bertz CT molecular complexity index is 852. The van der Waals surface area contributed by atoms with Gasteiger partial charge in [-0.3, -0.25) is 0 Å². The third-order valence-corrected chi connectivity index (χ3v) is 5.17. The molecule has 21 heavy (non-hydrogen) atoms. The van der Waals surface area contributed by atoms with Gasteiger partial charge >= 0.3 is 5.63 Å². The van der Waals surface area contributed by atoms with E-state index in [-0.39, 0.29) is 16.4 Å². The molecule has 1 atom stereocenters. The molecule has 1 unspecified atom stereocenters. The fourth-order valence-electron chi connectivity index (χ4n) is 2.14. The van der Waals surface area contributed by atoms with Crippen LogP contribution in [0.5, 0.6) is 11.5 Å². The first-order valence-electron chi connectivity index (χ1n) is 6.26. The summed E-state index contributed by atoms with van der Waals surface area (Å²) < 4.78 is 5.24. The van der Waals surface area contributed by atoms with Crippen LogP contribution in [0.4, 0.5) is 0 Å². The van der Waals surface area contributed by atoms with E-state index in [1.54, 1.807) is 42.7 Å². The van der Waals surface area contributed by atoms with Gasteiger partial charge in [-0.05, 0) is 36.1 Å². The van der Waals surface area contributed by atoms with E-state index in [1.807, 2.05) is 0 Å². The fraction of sp³-hybridized carbons (Fsp3) is 0.0625. The molecule has 1 aromatic heterocycles. The highest BCUT2D eigenvalue weighted by Gasteiger charge is 2.26. The molecule has 3 aromatic rings. The van der Waals surface area contributed by atoms with Crippen LogP contribution in [0.2, 0.25) is 0 Å². The summed E-state index contributed by atoms with van der Waals surface area (Å²) in [4.78, 5) is 13.1. The smallest absolute Gasteiger partial charge is 0.392 e. The summed E-state index contributed by atoms with van der Waals surface area (Å²) in [5, 5.41) is 22.3. The lowest BCUT2D eigenvalue weighted by Gasteiger charge is -2.13. The van der Waals surface area contributed by atoms with Crippen LogP contribution in [0, 0.1) is 0 Å². The third kappa shape index (κ3) is 2.36. The lowest BCUT2D eigenvalue weighted by Crippen LogP contribution is -2.17. The van der Waals surface area contributed by atoms with Gasteiger partial charge in [0, 0.05) is 5.39 Å². The fourth-order valence-corrected chi connectivity index (χ4v) is 3.60. The molecule has 0 amide bonds. The lowest BCUT2D eigenvalue weighted by atomic mass is 10.2. The molecule has 0 saturated heterocycles. The molecule has 3 rings (SSSR count). The summed E-state index contributed by atoms with van der Waals surface area (Å²) in [6.07, 6.45) is 1.80. The zero-order chi connectivity index (χ0) is 15.0. The maximum atomic E-state index is 12.5. The predicted octanol–water partition coefficient (Wildman–Crippen LogP) is 2.24. The first-order valence-corrected chi connectivity index (χ1v) is 7.89.